The third-order valence-electron chi connectivity index (χ3n) is 4.88. The molecule has 0 spiro atoms. The number of anilines is 1. The number of rotatable bonds is 5. The van der Waals surface area contributed by atoms with Crippen LogP contribution in [-0.4, -0.2) is 37.1 Å². The van der Waals surface area contributed by atoms with Gasteiger partial charge in [-0.1, -0.05) is 24.3 Å². The van der Waals surface area contributed by atoms with Crippen LogP contribution in [0.2, 0.25) is 0 Å². The van der Waals surface area contributed by atoms with Crippen LogP contribution >= 0.6 is 0 Å². The first-order valence-corrected chi connectivity index (χ1v) is 8.86. The Morgan fingerprint density at radius 3 is 2.46 bits per heavy atom. The highest BCUT2D eigenvalue weighted by molar-refractivity contribution is 6.13. The molecule has 2 N–H and O–H groups in total. The van der Waals surface area contributed by atoms with Gasteiger partial charge in [0.2, 0.25) is 11.0 Å². The van der Waals surface area contributed by atoms with Gasteiger partial charge in [-0.05, 0) is 45.3 Å². The van der Waals surface area contributed by atoms with Crippen molar-refractivity contribution in [1.82, 2.24) is 9.88 Å². The Morgan fingerprint density at radius 1 is 1.00 bits per heavy atom. The number of pyridine rings is 1. The highest BCUT2D eigenvalue weighted by Gasteiger charge is 2.21. The summed E-state index contributed by atoms with van der Waals surface area (Å²) in [6, 6.07) is 17.2. The van der Waals surface area contributed by atoms with E-state index in [1.54, 1.807) is 0 Å². The Labute approximate surface area is 171 Å². The fourth-order valence-corrected chi connectivity index (χ4v) is 3.68. The molecule has 0 radical (unpaired) electrons. The van der Waals surface area contributed by atoms with Crippen molar-refractivity contribution in [2.24, 2.45) is 7.05 Å². The van der Waals surface area contributed by atoms with E-state index in [0.29, 0.717) is 0 Å². The van der Waals surface area contributed by atoms with Crippen LogP contribution in [-0.2, 0) is 7.05 Å². The van der Waals surface area contributed by atoms with Crippen molar-refractivity contribution in [1.29, 1.82) is 0 Å². The highest BCUT2D eigenvalue weighted by atomic mass is 127. The van der Waals surface area contributed by atoms with Crippen molar-refractivity contribution in [3.05, 3.63) is 48.5 Å². The van der Waals surface area contributed by atoms with E-state index in [0.717, 1.165) is 19.5 Å². The minimum Gasteiger partial charge on any atom is -1.00 e. The van der Waals surface area contributed by atoms with Crippen LogP contribution in [0.4, 0.5) is 5.69 Å². The Bertz CT molecular complexity index is 1050. The number of aryl methyl sites for hydroxylation is 1. The molecule has 0 aliphatic carbocycles. The van der Waals surface area contributed by atoms with Gasteiger partial charge in [-0.2, -0.15) is 4.57 Å². The van der Waals surface area contributed by atoms with Gasteiger partial charge in [-0.15, -0.1) is 0 Å². The summed E-state index contributed by atoms with van der Waals surface area (Å²) in [4.78, 5) is 5.86. The van der Waals surface area contributed by atoms with E-state index in [1.165, 1.54) is 38.5 Å². The minimum absolute atomic E-state index is 0. The molecule has 0 atom stereocenters. The molecular weight excluding hydrogens is 435 g/mol. The molecule has 0 saturated carbocycles. The maximum atomic E-state index is 3.70. The summed E-state index contributed by atoms with van der Waals surface area (Å²) in [5.74, 6) is 0. The molecule has 2 aromatic carbocycles. The Kier molecular flexibility index (Phi) is 5.67. The van der Waals surface area contributed by atoms with Crippen molar-refractivity contribution in [3.8, 4) is 0 Å². The van der Waals surface area contributed by atoms with Crippen LogP contribution in [0.5, 0.6) is 0 Å². The summed E-state index contributed by atoms with van der Waals surface area (Å²) in [7, 11) is 6.39. The van der Waals surface area contributed by atoms with Gasteiger partial charge in [0.1, 0.15) is 12.6 Å². The van der Waals surface area contributed by atoms with Crippen LogP contribution in [0.1, 0.15) is 6.42 Å². The molecule has 0 saturated heterocycles. The molecule has 4 aromatic rings. The van der Waals surface area contributed by atoms with Crippen LogP contribution in [0.25, 0.3) is 32.8 Å². The van der Waals surface area contributed by atoms with Crippen LogP contribution in [0, 0.1) is 0 Å². The smallest absolute Gasteiger partial charge is 0.240 e. The van der Waals surface area contributed by atoms with Gasteiger partial charge >= 0.3 is 0 Å². The predicted octanol–water partition coefficient (Wildman–Crippen LogP) is 0.666. The molecule has 0 aliphatic rings. The number of aromatic amines is 1. The van der Waals surface area contributed by atoms with E-state index in [2.05, 4.69) is 89.4 Å². The fourth-order valence-electron chi connectivity index (χ4n) is 3.68. The molecular formula is C21H25IN4. The van der Waals surface area contributed by atoms with Crippen molar-refractivity contribution in [2.45, 2.75) is 6.42 Å². The maximum Gasteiger partial charge on any atom is 0.240 e. The standard InChI is InChI=1S/C21H24N4.HI/c1-24(2)14-8-13-22-19-16-10-5-7-12-18(16)25(3)21-15-9-4-6-11-17(15)23-20(19)21;/h4-7,9-12H,8,13-14H2,1-3H3,(H,22,23);1H. The number of nitrogens with one attached hydrogen (secondary N) is 2. The first-order chi connectivity index (χ1) is 12.2. The van der Waals surface area contributed by atoms with E-state index in [9.17, 15) is 0 Å². The lowest BCUT2D eigenvalue weighted by Gasteiger charge is -2.12. The molecule has 0 aliphatic heterocycles. The number of benzene rings is 2. The summed E-state index contributed by atoms with van der Waals surface area (Å²) in [5.41, 5.74) is 6.07. The van der Waals surface area contributed by atoms with E-state index in [4.69, 9.17) is 0 Å². The summed E-state index contributed by atoms with van der Waals surface area (Å²) in [6.07, 6.45) is 1.12. The highest BCUT2D eigenvalue weighted by Crippen LogP contribution is 2.33. The Hall–Kier alpha value is -1.86. The number of para-hydroxylation sites is 2. The van der Waals surface area contributed by atoms with Crippen molar-refractivity contribution < 1.29 is 28.5 Å². The summed E-state index contributed by atoms with van der Waals surface area (Å²) >= 11 is 0. The zero-order chi connectivity index (χ0) is 17.4. The second-order valence-electron chi connectivity index (χ2n) is 6.93. The number of hydrogen-bond acceptors (Lipinski definition) is 2. The summed E-state index contributed by atoms with van der Waals surface area (Å²) < 4.78 is 2.30. The van der Waals surface area contributed by atoms with Gasteiger partial charge in [0.05, 0.1) is 22.0 Å². The van der Waals surface area contributed by atoms with Crippen LogP contribution in [0.15, 0.2) is 48.5 Å². The molecule has 0 bridgehead atoms. The fraction of sp³-hybridized carbons (Fsp3) is 0.286. The molecule has 2 heterocycles. The van der Waals surface area contributed by atoms with Crippen LogP contribution < -0.4 is 33.9 Å². The predicted molar refractivity (Wildman–Crippen MR) is 106 cm³/mol. The van der Waals surface area contributed by atoms with Gasteiger partial charge < -0.3 is 39.2 Å². The molecule has 0 fully saturated rings. The maximum absolute atomic E-state index is 3.70. The molecule has 0 amide bonds. The van der Waals surface area contributed by atoms with Crippen molar-refractivity contribution in [3.63, 3.8) is 0 Å². The lowest BCUT2D eigenvalue weighted by atomic mass is 10.1. The first kappa shape index (κ1) is 18.9. The molecule has 5 heteroatoms. The SMILES string of the molecule is CN(C)CCCNc1c2ccccc2[n+](C)c2c1[nH]c1ccccc12.[I-]. The second kappa shape index (κ2) is 7.80. The van der Waals surface area contributed by atoms with Crippen molar-refractivity contribution in [2.75, 3.05) is 32.5 Å². The van der Waals surface area contributed by atoms with E-state index >= 15 is 0 Å². The third kappa shape index (κ3) is 3.25. The average Bonchev–Trinajstić information content (AvgIpc) is 3.00. The zero-order valence-corrected chi connectivity index (χ0v) is 17.7. The zero-order valence-electron chi connectivity index (χ0n) is 15.5. The number of halogens is 1. The number of fused-ring (bicyclic) bond motifs is 4. The summed E-state index contributed by atoms with van der Waals surface area (Å²) in [6.45, 7) is 2.04. The monoisotopic (exact) mass is 460 g/mol. The minimum atomic E-state index is 0. The largest absolute Gasteiger partial charge is 1.00 e. The van der Waals surface area contributed by atoms with Gasteiger partial charge in [-0.25, -0.2) is 0 Å². The van der Waals surface area contributed by atoms with E-state index in [1.807, 2.05) is 0 Å². The van der Waals surface area contributed by atoms with Crippen LogP contribution in [0.3, 0.4) is 0 Å². The van der Waals surface area contributed by atoms with Gasteiger partial charge in [0, 0.05) is 12.6 Å². The van der Waals surface area contributed by atoms with Crippen molar-refractivity contribution >= 4 is 38.5 Å². The number of nitrogens with zero attached hydrogens (tertiary/aromatic N) is 2. The van der Waals surface area contributed by atoms with Gasteiger partial charge in [-0.3, -0.25) is 0 Å². The lowest BCUT2D eigenvalue weighted by molar-refractivity contribution is -0.616. The van der Waals surface area contributed by atoms with E-state index < -0.39 is 0 Å². The lowest BCUT2D eigenvalue weighted by Crippen LogP contribution is -3.00. The topological polar surface area (TPSA) is 34.9 Å². The first-order valence-electron chi connectivity index (χ1n) is 8.86. The number of aromatic nitrogens is 2. The average molecular weight is 460 g/mol. The molecule has 4 rings (SSSR count). The molecule has 136 valence electrons. The number of H-pyrrole nitrogens is 1. The van der Waals surface area contributed by atoms with E-state index in [-0.39, 0.29) is 24.0 Å². The number of hydrogen-bond donors (Lipinski definition) is 2. The molecule has 26 heavy (non-hydrogen) atoms. The molecule has 0 unspecified atom stereocenters. The molecule has 2 aromatic heterocycles. The normalized spacial score (nSPS) is 11.4. The van der Waals surface area contributed by atoms with Gasteiger partial charge in [0.15, 0.2) is 0 Å². The quantitative estimate of drug-likeness (QED) is 0.261. The Balaban J connectivity index is 0.00000196. The third-order valence-corrected chi connectivity index (χ3v) is 4.88. The summed E-state index contributed by atoms with van der Waals surface area (Å²) in [5, 5.41) is 6.23. The second-order valence-corrected chi connectivity index (χ2v) is 6.93. The Morgan fingerprint density at radius 2 is 1.69 bits per heavy atom. The van der Waals surface area contributed by atoms with Gasteiger partial charge in [0.25, 0.3) is 0 Å². The molecule has 4 nitrogen and oxygen atoms in total.